The lowest BCUT2D eigenvalue weighted by molar-refractivity contribution is -0.160. The summed E-state index contributed by atoms with van der Waals surface area (Å²) in [6.45, 7) is 0. The molecule has 0 spiro atoms. The second-order valence-corrected chi connectivity index (χ2v) is 10.1. The molecule has 0 unspecified atom stereocenters. The van der Waals surface area contributed by atoms with Gasteiger partial charge in [-0.05, 0) is 42.2 Å². The molecule has 0 aliphatic heterocycles. The summed E-state index contributed by atoms with van der Waals surface area (Å²) in [5.74, 6) is -5.70. The Hall–Kier alpha value is -3.11. The molecule has 1 aromatic heterocycles. The van der Waals surface area contributed by atoms with E-state index in [1.54, 1.807) is 0 Å². The first kappa shape index (κ1) is 25.5. The number of amides is 1. The van der Waals surface area contributed by atoms with Crippen LogP contribution in [0.25, 0.3) is 0 Å². The molecule has 1 saturated carbocycles. The molecule has 1 aliphatic carbocycles. The zero-order valence-corrected chi connectivity index (χ0v) is 18.3. The quantitative estimate of drug-likeness (QED) is 0.510. The molecule has 2 atom stereocenters. The molecule has 1 amide bonds. The third kappa shape index (κ3) is 6.48. The van der Waals surface area contributed by atoms with Crippen molar-refractivity contribution in [1.82, 2.24) is 15.6 Å². The van der Waals surface area contributed by atoms with Crippen LogP contribution in [-0.2, 0) is 20.4 Å². The minimum Gasteiger partial charge on any atom is -0.336 e. The van der Waals surface area contributed by atoms with Gasteiger partial charge in [-0.3, -0.25) is 15.1 Å². The molecular weight excluding hydrogens is 483 g/mol. The van der Waals surface area contributed by atoms with Gasteiger partial charge in [0.05, 0.1) is 17.6 Å². The molecule has 3 rings (SSSR count). The number of nitrogens with zero attached hydrogens (tertiary/aromatic N) is 2. The molecule has 2 N–H and O–H groups in total. The third-order valence-electron chi connectivity index (χ3n) is 5.15. The highest BCUT2D eigenvalue weighted by Gasteiger charge is 2.48. The van der Waals surface area contributed by atoms with E-state index in [0.29, 0.717) is 18.2 Å². The molecular formula is C21H19F5N4O3S. The van der Waals surface area contributed by atoms with Crippen molar-refractivity contribution in [2.45, 2.75) is 42.4 Å². The highest BCUT2D eigenvalue weighted by atomic mass is 32.2. The first-order valence-corrected chi connectivity index (χ1v) is 11.8. The van der Waals surface area contributed by atoms with Gasteiger partial charge >= 0.3 is 6.18 Å². The third-order valence-corrected chi connectivity index (χ3v) is 6.76. The van der Waals surface area contributed by atoms with E-state index >= 15 is 0 Å². The van der Waals surface area contributed by atoms with Crippen molar-refractivity contribution in [3.05, 3.63) is 65.5 Å². The number of halogens is 5. The Morgan fingerprint density at radius 1 is 1.21 bits per heavy atom. The standard InChI is InChI=1S/C21H19F5N4O3S/c22-15-4-3-14(8-16(15)23)18(21(24,25)26)29-17(19(31)30-20(12-27)5-6-20)11-34(32,33)10-13-2-1-7-28-9-13/h1-4,7-9,17-18,29H,5-6,10-11H2,(H,30,31)/t17-,18-/m0/s1. The Labute approximate surface area is 191 Å². The van der Waals surface area contributed by atoms with Crippen LogP contribution in [0.2, 0.25) is 0 Å². The van der Waals surface area contributed by atoms with E-state index in [1.807, 2.05) is 11.4 Å². The van der Waals surface area contributed by atoms with Crippen LogP contribution >= 0.6 is 0 Å². The van der Waals surface area contributed by atoms with Gasteiger partial charge in [-0.1, -0.05) is 12.1 Å². The number of sulfone groups is 1. The van der Waals surface area contributed by atoms with Gasteiger partial charge in [-0.25, -0.2) is 17.2 Å². The molecule has 1 aromatic carbocycles. The molecule has 7 nitrogen and oxygen atoms in total. The molecule has 1 heterocycles. The monoisotopic (exact) mass is 502 g/mol. The highest BCUT2D eigenvalue weighted by Crippen LogP contribution is 2.36. The predicted molar refractivity (Wildman–Crippen MR) is 110 cm³/mol. The summed E-state index contributed by atoms with van der Waals surface area (Å²) in [7, 11) is -4.16. The summed E-state index contributed by atoms with van der Waals surface area (Å²) in [6, 6.07) is 1.61. The minimum atomic E-state index is -5.09. The predicted octanol–water partition coefficient (Wildman–Crippen LogP) is 2.71. The molecule has 1 fully saturated rings. The van der Waals surface area contributed by atoms with E-state index in [0.717, 1.165) is 0 Å². The van der Waals surface area contributed by atoms with Gasteiger partial charge in [0.1, 0.15) is 17.6 Å². The van der Waals surface area contributed by atoms with Gasteiger partial charge in [0.15, 0.2) is 21.5 Å². The van der Waals surface area contributed by atoms with Crippen LogP contribution in [0, 0.1) is 23.0 Å². The minimum absolute atomic E-state index is 0.255. The van der Waals surface area contributed by atoms with E-state index < -0.39 is 68.2 Å². The van der Waals surface area contributed by atoms with Gasteiger partial charge < -0.3 is 5.32 Å². The summed E-state index contributed by atoms with van der Waals surface area (Å²) in [6.07, 6.45) is -1.91. The largest absolute Gasteiger partial charge is 0.407 e. The molecule has 2 aromatic rings. The van der Waals surface area contributed by atoms with Gasteiger partial charge in [-0.2, -0.15) is 18.4 Å². The summed E-state index contributed by atoms with van der Waals surface area (Å²) >= 11 is 0. The lowest BCUT2D eigenvalue weighted by Gasteiger charge is -2.28. The number of carbonyl (C=O) groups is 1. The van der Waals surface area contributed by atoms with Crippen molar-refractivity contribution in [2.75, 3.05) is 5.75 Å². The van der Waals surface area contributed by atoms with Crippen molar-refractivity contribution in [1.29, 1.82) is 5.26 Å². The smallest absolute Gasteiger partial charge is 0.336 e. The van der Waals surface area contributed by atoms with Gasteiger partial charge in [-0.15, -0.1) is 0 Å². The number of hydrogen-bond acceptors (Lipinski definition) is 6. The molecule has 0 radical (unpaired) electrons. The summed E-state index contributed by atoms with van der Waals surface area (Å²) in [4.78, 5) is 16.6. The number of rotatable bonds is 9. The van der Waals surface area contributed by atoms with Gasteiger partial charge in [0.25, 0.3) is 0 Å². The van der Waals surface area contributed by atoms with Crippen LogP contribution in [-0.4, -0.2) is 42.8 Å². The topological polar surface area (TPSA) is 112 Å². The molecule has 34 heavy (non-hydrogen) atoms. The van der Waals surface area contributed by atoms with E-state index in [9.17, 15) is 40.4 Å². The van der Waals surface area contributed by atoms with Crippen molar-refractivity contribution in [2.24, 2.45) is 0 Å². The fourth-order valence-corrected chi connectivity index (χ4v) is 4.79. The zero-order chi connectivity index (χ0) is 25.1. The number of nitrogens with one attached hydrogen (secondary N) is 2. The molecule has 0 bridgehead atoms. The van der Waals surface area contributed by atoms with Crippen LogP contribution < -0.4 is 10.6 Å². The van der Waals surface area contributed by atoms with Crippen molar-refractivity contribution in [3.8, 4) is 6.07 Å². The zero-order valence-electron chi connectivity index (χ0n) is 17.4. The average Bonchev–Trinajstić information content (AvgIpc) is 3.52. The summed E-state index contributed by atoms with van der Waals surface area (Å²) in [5.41, 5.74) is -1.78. The first-order valence-electron chi connectivity index (χ1n) is 9.94. The van der Waals surface area contributed by atoms with Crippen LogP contribution in [0.1, 0.15) is 30.0 Å². The van der Waals surface area contributed by atoms with Crippen molar-refractivity contribution in [3.63, 3.8) is 0 Å². The fraction of sp³-hybridized carbons (Fsp3) is 0.381. The summed E-state index contributed by atoms with van der Waals surface area (Å²) in [5, 5.41) is 13.4. The Balaban J connectivity index is 1.91. The second-order valence-electron chi connectivity index (χ2n) is 7.97. The Morgan fingerprint density at radius 2 is 1.91 bits per heavy atom. The van der Waals surface area contributed by atoms with Gasteiger partial charge in [0, 0.05) is 12.4 Å². The lowest BCUT2D eigenvalue weighted by atomic mass is 10.0. The van der Waals surface area contributed by atoms with Crippen LogP contribution in [0.15, 0.2) is 42.7 Å². The Kier molecular flexibility index (Phi) is 7.23. The summed E-state index contributed by atoms with van der Waals surface area (Å²) < 4.78 is 93.9. The normalized spacial score (nSPS) is 16.8. The van der Waals surface area contributed by atoms with Gasteiger partial charge in [0.2, 0.25) is 5.91 Å². The number of aromatic nitrogens is 1. The second kappa shape index (κ2) is 9.63. The lowest BCUT2D eigenvalue weighted by Crippen LogP contribution is -2.54. The van der Waals surface area contributed by atoms with Crippen LogP contribution in [0.5, 0.6) is 0 Å². The maximum atomic E-state index is 13.8. The molecule has 1 aliphatic rings. The van der Waals surface area contributed by atoms with E-state index in [2.05, 4.69) is 10.3 Å². The SMILES string of the molecule is N#CC1(NC(=O)[C@H](CS(=O)(=O)Cc2cccnc2)N[C@@H](c2ccc(F)c(F)c2)C(F)(F)F)CC1. The van der Waals surface area contributed by atoms with Crippen molar-refractivity contribution < 1.29 is 35.2 Å². The van der Waals surface area contributed by atoms with Crippen LogP contribution in [0.3, 0.4) is 0 Å². The van der Waals surface area contributed by atoms with Crippen LogP contribution in [0.4, 0.5) is 22.0 Å². The number of benzene rings is 1. The maximum Gasteiger partial charge on any atom is 0.407 e. The number of hydrogen-bond donors (Lipinski definition) is 2. The van der Waals surface area contributed by atoms with E-state index in [1.165, 1.54) is 24.5 Å². The fourth-order valence-electron chi connectivity index (χ4n) is 3.24. The number of pyridine rings is 1. The van der Waals surface area contributed by atoms with E-state index in [4.69, 9.17) is 0 Å². The van der Waals surface area contributed by atoms with E-state index in [-0.39, 0.29) is 18.4 Å². The first-order chi connectivity index (χ1) is 15.8. The Morgan fingerprint density at radius 3 is 2.44 bits per heavy atom. The molecule has 182 valence electrons. The maximum absolute atomic E-state index is 13.8. The average molecular weight is 502 g/mol. The number of alkyl halides is 3. The van der Waals surface area contributed by atoms with Crippen molar-refractivity contribution >= 4 is 15.7 Å². The Bertz CT molecular complexity index is 1200. The number of nitriles is 1. The molecule has 0 saturated heterocycles. The number of carbonyl (C=O) groups excluding carboxylic acids is 1. The highest BCUT2D eigenvalue weighted by molar-refractivity contribution is 7.90. The molecule has 13 heteroatoms.